The van der Waals surface area contributed by atoms with Gasteiger partial charge in [-0.05, 0) is 61.6 Å². The van der Waals surface area contributed by atoms with Gasteiger partial charge in [-0.2, -0.15) is 0 Å². The van der Waals surface area contributed by atoms with E-state index in [0.29, 0.717) is 5.56 Å². The first-order valence-electron chi connectivity index (χ1n) is 11.1. The molecule has 0 fully saturated rings. The second kappa shape index (κ2) is 9.39. The monoisotopic (exact) mass is 365 g/mol. The number of aryl methyl sites for hydroxylation is 1. The molecule has 2 nitrogen and oxygen atoms in total. The Kier molecular flexibility index (Phi) is 6.93. The molecule has 146 valence electrons. The largest absolute Gasteiger partial charge is 0.308 e. The first-order valence-corrected chi connectivity index (χ1v) is 11.1. The smallest absolute Gasteiger partial charge is 0.254 e. The van der Waals surface area contributed by atoms with Crippen LogP contribution in [0.25, 0.3) is 11.3 Å². The molecule has 3 rings (SSSR count). The Balaban J connectivity index is 2.25. The number of unbranched alkanes of at least 4 members (excludes halogenated alkanes) is 3. The van der Waals surface area contributed by atoms with Gasteiger partial charge >= 0.3 is 0 Å². The maximum atomic E-state index is 13.6. The van der Waals surface area contributed by atoms with E-state index in [4.69, 9.17) is 0 Å². The first-order chi connectivity index (χ1) is 13.2. The highest BCUT2D eigenvalue weighted by atomic mass is 16.1. The predicted octanol–water partition coefficient (Wildman–Crippen LogP) is 6.10. The van der Waals surface area contributed by atoms with Gasteiger partial charge in [0.15, 0.2) is 0 Å². The molecule has 2 heteroatoms. The second-order valence-electron chi connectivity index (χ2n) is 7.96. The Morgan fingerprint density at radius 2 is 1.52 bits per heavy atom. The van der Waals surface area contributed by atoms with Crippen LogP contribution in [-0.2, 0) is 32.2 Å². The third-order valence-corrected chi connectivity index (χ3v) is 6.00. The van der Waals surface area contributed by atoms with E-state index in [2.05, 4.69) is 49.6 Å². The van der Waals surface area contributed by atoms with E-state index in [9.17, 15) is 4.79 Å². The fraction of sp³-hybridized carbons (Fsp3) is 0.560. The number of hydrogen-bond donors (Lipinski definition) is 0. The summed E-state index contributed by atoms with van der Waals surface area (Å²) in [5, 5.41) is 0. The van der Waals surface area contributed by atoms with Gasteiger partial charge in [0, 0.05) is 17.7 Å². The molecular weight excluding hydrogens is 330 g/mol. The number of pyridine rings is 1. The van der Waals surface area contributed by atoms with Crippen LogP contribution in [0.1, 0.15) is 81.5 Å². The Labute approximate surface area is 164 Å². The van der Waals surface area contributed by atoms with Crippen molar-refractivity contribution in [2.75, 3.05) is 0 Å². The minimum absolute atomic E-state index is 0.290. The number of fused-ring (bicyclic) bond motifs is 3. The van der Waals surface area contributed by atoms with Crippen LogP contribution in [0.3, 0.4) is 0 Å². The quantitative estimate of drug-likeness (QED) is 0.526. The molecule has 2 aromatic rings. The molecule has 0 saturated carbocycles. The van der Waals surface area contributed by atoms with Crippen LogP contribution in [0.2, 0.25) is 0 Å². The summed E-state index contributed by atoms with van der Waals surface area (Å²) < 4.78 is 2.14. The van der Waals surface area contributed by atoms with Crippen molar-refractivity contribution in [2.45, 2.75) is 91.5 Å². The average Bonchev–Trinajstić information content (AvgIpc) is 2.70. The predicted molar refractivity (Wildman–Crippen MR) is 116 cm³/mol. The number of aromatic nitrogens is 1. The van der Waals surface area contributed by atoms with Crippen molar-refractivity contribution in [3.05, 3.63) is 56.9 Å². The van der Waals surface area contributed by atoms with Gasteiger partial charge in [-0.3, -0.25) is 4.79 Å². The number of benzene rings is 1. The van der Waals surface area contributed by atoms with E-state index in [-0.39, 0.29) is 0 Å². The summed E-state index contributed by atoms with van der Waals surface area (Å²) in [6.45, 7) is 7.52. The molecule has 1 aromatic carbocycles. The number of nitrogens with zero attached hydrogens (tertiary/aromatic N) is 1. The lowest BCUT2D eigenvalue weighted by atomic mass is 9.82. The third kappa shape index (κ3) is 4.05. The van der Waals surface area contributed by atoms with Crippen LogP contribution < -0.4 is 5.56 Å². The van der Waals surface area contributed by atoms with Gasteiger partial charge in [-0.25, -0.2) is 0 Å². The Morgan fingerprint density at radius 3 is 2.22 bits per heavy atom. The van der Waals surface area contributed by atoms with Gasteiger partial charge in [0.1, 0.15) is 0 Å². The van der Waals surface area contributed by atoms with Crippen LogP contribution >= 0.6 is 0 Å². The third-order valence-electron chi connectivity index (χ3n) is 6.00. The summed E-state index contributed by atoms with van der Waals surface area (Å²) in [5.74, 6) is 0. The lowest BCUT2D eigenvalue weighted by molar-refractivity contribution is 0.599. The summed E-state index contributed by atoms with van der Waals surface area (Å²) in [7, 11) is 0. The molecule has 1 heterocycles. The van der Waals surface area contributed by atoms with Gasteiger partial charge in [-0.15, -0.1) is 0 Å². The van der Waals surface area contributed by atoms with Gasteiger partial charge in [0.05, 0.1) is 5.69 Å². The van der Waals surface area contributed by atoms with Crippen molar-refractivity contribution in [3.8, 4) is 11.3 Å². The summed E-state index contributed by atoms with van der Waals surface area (Å²) >= 11 is 0. The Morgan fingerprint density at radius 1 is 0.852 bits per heavy atom. The molecule has 0 saturated heterocycles. The molecular formula is C25H35NO. The van der Waals surface area contributed by atoms with Crippen LogP contribution in [-0.4, -0.2) is 4.57 Å². The lowest BCUT2D eigenvalue weighted by Crippen LogP contribution is -2.31. The van der Waals surface area contributed by atoms with Gasteiger partial charge in [0.25, 0.3) is 5.56 Å². The minimum atomic E-state index is 0.290. The molecule has 0 radical (unpaired) electrons. The molecule has 0 N–H and O–H groups in total. The van der Waals surface area contributed by atoms with Crippen molar-refractivity contribution in [2.24, 2.45) is 0 Å². The standard InChI is InChI=1S/C25H35NO/c1-4-7-13-21-22-17-16-19-12-10-11-15-20(19)24(22)26(18-9-6-3)25(27)23(21)14-8-5-2/h10-12,15H,4-9,13-14,16-18H2,1-3H3. The van der Waals surface area contributed by atoms with Crippen molar-refractivity contribution in [3.63, 3.8) is 0 Å². The summed E-state index contributed by atoms with van der Waals surface area (Å²) in [6.07, 6.45) is 11.0. The molecule has 0 atom stereocenters. The van der Waals surface area contributed by atoms with Crippen LogP contribution in [0.15, 0.2) is 29.1 Å². The van der Waals surface area contributed by atoms with Gasteiger partial charge in [0.2, 0.25) is 0 Å². The van der Waals surface area contributed by atoms with Gasteiger partial charge in [-0.1, -0.05) is 64.3 Å². The lowest BCUT2D eigenvalue weighted by Gasteiger charge is -2.28. The summed E-state index contributed by atoms with van der Waals surface area (Å²) in [4.78, 5) is 13.6. The molecule has 27 heavy (non-hydrogen) atoms. The molecule has 1 aliphatic carbocycles. The fourth-order valence-corrected chi connectivity index (χ4v) is 4.48. The summed E-state index contributed by atoms with van der Waals surface area (Å²) in [6, 6.07) is 8.72. The highest BCUT2D eigenvalue weighted by molar-refractivity contribution is 5.72. The van der Waals surface area contributed by atoms with E-state index in [1.807, 2.05) is 0 Å². The van der Waals surface area contributed by atoms with Crippen molar-refractivity contribution in [1.29, 1.82) is 0 Å². The van der Waals surface area contributed by atoms with Crippen molar-refractivity contribution < 1.29 is 0 Å². The highest BCUT2D eigenvalue weighted by Gasteiger charge is 2.26. The van der Waals surface area contributed by atoms with Crippen molar-refractivity contribution in [1.82, 2.24) is 4.57 Å². The average molecular weight is 366 g/mol. The molecule has 0 unspecified atom stereocenters. The zero-order chi connectivity index (χ0) is 19.2. The van der Waals surface area contributed by atoms with Crippen molar-refractivity contribution >= 4 is 0 Å². The minimum Gasteiger partial charge on any atom is -0.308 e. The molecule has 1 aromatic heterocycles. The van der Waals surface area contributed by atoms with E-state index in [1.165, 1.54) is 40.8 Å². The van der Waals surface area contributed by atoms with E-state index >= 15 is 0 Å². The molecule has 0 bridgehead atoms. The van der Waals surface area contributed by atoms with E-state index in [0.717, 1.165) is 63.5 Å². The highest BCUT2D eigenvalue weighted by Crippen LogP contribution is 2.36. The van der Waals surface area contributed by atoms with Crippen LogP contribution in [0.5, 0.6) is 0 Å². The second-order valence-corrected chi connectivity index (χ2v) is 7.96. The molecule has 1 aliphatic rings. The number of rotatable bonds is 9. The van der Waals surface area contributed by atoms with Gasteiger partial charge < -0.3 is 4.57 Å². The van der Waals surface area contributed by atoms with E-state index < -0.39 is 0 Å². The zero-order valence-corrected chi connectivity index (χ0v) is 17.4. The fourth-order valence-electron chi connectivity index (χ4n) is 4.48. The maximum absolute atomic E-state index is 13.6. The normalized spacial score (nSPS) is 12.7. The van der Waals surface area contributed by atoms with E-state index in [1.54, 1.807) is 0 Å². The van der Waals surface area contributed by atoms with Crippen LogP contribution in [0, 0.1) is 0 Å². The Bertz CT molecular complexity index is 831. The Hall–Kier alpha value is -1.83. The topological polar surface area (TPSA) is 22.0 Å². The summed E-state index contributed by atoms with van der Waals surface area (Å²) in [5.41, 5.74) is 8.22. The SMILES string of the molecule is CCCCc1c2c(n(CCCC)c(=O)c1CCCC)-c1ccccc1CC2. The molecule has 0 aliphatic heterocycles. The first kappa shape index (κ1) is 19.9. The van der Waals surface area contributed by atoms with Crippen LogP contribution in [0.4, 0.5) is 0 Å². The number of hydrogen-bond acceptors (Lipinski definition) is 1. The zero-order valence-electron chi connectivity index (χ0n) is 17.4. The molecule has 0 amide bonds. The molecule has 0 spiro atoms. The maximum Gasteiger partial charge on any atom is 0.254 e.